The molecule has 1 unspecified atom stereocenters. The lowest BCUT2D eigenvalue weighted by atomic mass is 10.00. The minimum atomic E-state index is -3.46. The van der Waals surface area contributed by atoms with Gasteiger partial charge in [-0.15, -0.1) is 0 Å². The molecule has 1 aliphatic carbocycles. The molecule has 0 spiro atoms. The van der Waals surface area contributed by atoms with Gasteiger partial charge in [0.15, 0.2) is 0 Å². The second-order valence-corrected chi connectivity index (χ2v) is 8.56. The van der Waals surface area contributed by atoms with Gasteiger partial charge in [-0.3, -0.25) is 0 Å². The quantitative estimate of drug-likeness (QED) is 0.686. The third kappa shape index (κ3) is 3.96. The molecular formula is C15H21ClO3S. The SMILES string of the molecule is CCC(COCc1ccccc1)CC1(S(=O)(=O)Cl)CC1. The van der Waals surface area contributed by atoms with E-state index >= 15 is 0 Å². The van der Waals surface area contributed by atoms with Crippen molar-refractivity contribution in [3.63, 3.8) is 0 Å². The average molecular weight is 317 g/mol. The van der Waals surface area contributed by atoms with Gasteiger partial charge in [0, 0.05) is 17.3 Å². The Bertz CT molecular complexity index is 523. The number of ether oxygens (including phenoxy) is 1. The van der Waals surface area contributed by atoms with Crippen LogP contribution in [0.25, 0.3) is 0 Å². The van der Waals surface area contributed by atoms with E-state index in [1.165, 1.54) is 0 Å². The molecule has 1 saturated carbocycles. The molecule has 0 aromatic heterocycles. The van der Waals surface area contributed by atoms with E-state index in [0.717, 1.165) is 12.0 Å². The van der Waals surface area contributed by atoms with Crippen LogP contribution in [0.3, 0.4) is 0 Å². The molecule has 112 valence electrons. The molecule has 1 fully saturated rings. The maximum atomic E-state index is 11.6. The molecule has 3 nitrogen and oxygen atoms in total. The van der Waals surface area contributed by atoms with Crippen LogP contribution in [0.2, 0.25) is 0 Å². The van der Waals surface area contributed by atoms with Crippen molar-refractivity contribution in [1.82, 2.24) is 0 Å². The van der Waals surface area contributed by atoms with E-state index in [1.807, 2.05) is 30.3 Å². The lowest BCUT2D eigenvalue weighted by molar-refractivity contribution is 0.0817. The third-order valence-electron chi connectivity index (χ3n) is 4.03. The third-order valence-corrected chi connectivity index (χ3v) is 6.62. The molecule has 0 bridgehead atoms. The van der Waals surface area contributed by atoms with Crippen LogP contribution in [0.4, 0.5) is 0 Å². The Kier molecular flexibility index (Phi) is 5.10. The number of hydrogen-bond acceptors (Lipinski definition) is 3. The number of rotatable bonds is 8. The summed E-state index contributed by atoms with van der Waals surface area (Å²) < 4.78 is 28.2. The second-order valence-electron chi connectivity index (χ2n) is 5.60. The first-order valence-electron chi connectivity index (χ1n) is 7.03. The molecule has 0 saturated heterocycles. The highest BCUT2D eigenvalue weighted by Crippen LogP contribution is 2.50. The predicted octanol–water partition coefficient (Wildman–Crippen LogP) is 3.72. The number of hydrogen-bond donors (Lipinski definition) is 0. The van der Waals surface area contributed by atoms with Gasteiger partial charge in [-0.25, -0.2) is 8.42 Å². The van der Waals surface area contributed by atoms with Crippen molar-refractivity contribution in [2.75, 3.05) is 6.61 Å². The van der Waals surface area contributed by atoms with E-state index in [1.54, 1.807) is 0 Å². The molecule has 1 aliphatic rings. The van der Waals surface area contributed by atoms with Crippen molar-refractivity contribution in [1.29, 1.82) is 0 Å². The van der Waals surface area contributed by atoms with Gasteiger partial charge in [0.05, 0.1) is 11.4 Å². The smallest absolute Gasteiger partial charge is 0.238 e. The highest BCUT2D eigenvalue weighted by atomic mass is 35.7. The molecule has 20 heavy (non-hydrogen) atoms. The van der Waals surface area contributed by atoms with Crippen LogP contribution < -0.4 is 0 Å². The summed E-state index contributed by atoms with van der Waals surface area (Å²) in [6.45, 7) is 3.21. The molecule has 0 aliphatic heterocycles. The molecule has 0 N–H and O–H groups in total. The zero-order chi connectivity index (χ0) is 14.6. The highest BCUT2D eigenvalue weighted by molar-refractivity contribution is 8.15. The molecule has 1 atom stereocenters. The Morgan fingerprint density at radius 2 is 1.95 bits per heavy atom. The minimum absolute atomic E-state index is 0.245. The van der Waals surface area contributed by atoms with Crippen molar-refractivity contribution in [3.05, 3.63) is 35.9 Å². The summed E-state index contributed by atoms with van der Waals surface area (Å²) in [4.78, 5) is 0. The monoisotopic (exact) mass is 316 g/mol. The maximum Gasteiger partial charge on any atom is 0.238 e. The standard InChI is InChI=1S/C15H21ClO3S/c1-2-13(10-15(8-9-15)20(16,17)18)11-19-12-14-6-4-3-5-7-14/h3-7,13H,2,8-12H2,1H3. The summed E-state index contributed by atoms with van der Waals surface area (Å²) in [7, 11) is 2.09. The van der Waals surface area contributed by atoms with Gasteiger partial charge >= 0.3 is 0 Å². The summed E-state index contributed by atoms with van der Waals surface area (Å²) in [5.41, 5.74) is 1.13. The van der Waals surface area contributed by atoms with Gasteiger partial charge in [0.25, 0.3) is 0 Å². The van der Waals surface area contributed by atoms with Gasteiger partial charge in [-0.1, -0.05) is 43.7 Å². The maximum absolute atomic E-state index is 11.6. The van der Waals surface area contributed by atoms with E-state index in [9.17, 15) is 8.42 Å². The fourth-order valence-electron chi connectivity index (χ4n) is 2.45. The van der Waals surface area contributed by atoms with E-state index in [2.05, 4.69) is 6.92 Å². The first-order valence-corrected chi connectivity index (χ1v) is 9.34. The van der Waals surface area contributed by atoms with Crippen molar-refractivity contribution in [2.24, 2.45) is 5.92 Å². The Morgan fingerprint density at radius 3 is 2.45 bits per heavy atom. The number of benzene rings is 1. The van der Waals surface area contributed by atoms with Crippen LogP contribution in [-0.2, 0) is 20.4 Å². The summed E-state index contributed by atoms with van der Waals surface area (Å²) >= 11 is 0. The first-order chi connectivity index (χ1) is 9.47. The molecule has 0 radical (unpaired) electrons. The Labute approximate surface area is 125 Å². The fourth-order valence-corrected chi connectivity index (χ4v) is 4.13. The molecule has 0 heterocycles. The van der Waals surface area contributed by atoms with E-state index < -0.39 is 13.8 Å². The molecule has 1 aromatic rings. The van der Waals surface area contributed by atoms with Gasteiger partial charge in [0.2, 0.25) is 9.05 Å². The Morgan fingerprint density at radius 1 is 1.30 bits per heavy atom. The zero-order valence-corrected chi connectivity index (χ0v) is 13.3. The minimum Gasteiger partial charge on any atom is -0.376 e. The molecule has 5 heteroatoms. The Balaban J connectivity index is 1.82. The topological polar surface area (TPSA) is 43.4 Å². The summed E-state index contributed by atoms with van der Waals surface area (Å²) in [5.74, 6) is 0.245. The van der Waals surface area contributed by atoms with Crippen LogP contribution in [0.5, 0.6) is 0 Å². The zero-order valence-electron chi connectivity index (χ0n) is 11.7. The highest BCUT2D eigenvalue weighted by Gasteiger charge is 2.54. The van der Waals surface area contributed by atoms with Gasteiger partial charge in [-0.2, -0.15) is 0 Å². The average Bonchev–Trinajstić information content (AvgIpc) is 3.19. The van der Waals surface area contributed by atoms with E-state index in [0.29, 0.717) is 32.5 Å². The largest absolute Gasteiger partial charge is 0.376 e. The normalized spacial score (nSPS) is 18.7. The molecule has 1 aromatic carbocycles. The summed E-state index contributed by atoms with van der Waals surface area (Å²) in [6, 6.07) is 9.98. The lowest BCUT2D eigenvalue weighted by Crippen LogP contribution is -2.24. The van der Waals surface area contributed by atoms with E-state index in [4.69, 9.17) is 15.4 Å². The van der Waals surface area contributed by atoms with E-state index in [-0.39, 0.29) is 5.92 Å². The van der Waals surface area contributed by atoms with Crippen LogP contribution >= 0.6 is 10.7 Å². The molecule has 0 amide bonds. The molecule has 2 rings (SSSR count). The van der Waals surface area contributed by atoms with Crippen LogP contribution in [-0.4, -0.2) is 19.8 Å². The van der Waals surface area contributed by atoms with Gasteiger partial charge < -0.3 is 4.74 Å². The number of halogens is 1. The first kappa shape index (κ1) is 15.8. The van der Waals surface area contributed by atoms with Crippen molar-refractivity contribution >= 4 is 19.7 Å². The summed E-state index contributed by atoms with van der Waals surface area (Å²) in [5, 5.41) is 0. The Hall–Kier alpha value is -0.580. The van der Waals surface area contributed by atoms with Crippen molar-refractivity contribution < 1.29 is 13.2 Å². The molecular weight excluding hydrogens is 296 g/mol. The second kappa shape index (κ2) is 6.46. The van der Waals surface area contributed by atoms with Crippen LogP contribution in [0, 0.1) is 5.92 Å². The van der Waals surface area contributed by atoms with Crippen molar-refractivity contribution in [2.45, 2.75) is 44.0 Å². The van der Waals surface area contributed by atoms with Gasteiger partial charge in [0.1, 0.15) is 0 Å². The summed E-state index contributed by atoms with van der Waals surface area (Å²) in [6.07, 6.45) is 2.90. The van der Waals surface area contributed by atoms with Crippen LogP contribution in [0.1, 0.15) is 38.2 Å². The predicted molar refractivity (Wildman–Crippen MR) is 81.2 cm³/mol. The van der Waals surface area contributed by atoms with Gasteiger partial charge in [-0.05, 0) is 30.7 Å². The van der Waals surface area contributed by atoms with Crippen LogP contribution in [0.15, 0.2) is 30.3 Å². The lowest BCUT2D eigenvalue weighted by Gasteiger charge is -2.20. The fraction of sp³-hybridized carbons (Fsp3) is 0.600. The van der Waals surface area contributed by atoms with Crippen molar-refractivity contribution in [3.8, 4) is 0 Å².